The zero-order chi connectivity index (χ0) is 57.1. The van der Waals surface area contributed by atoms with Crippen LogP contribution in [-0.4, -0.2) is 114 Å². The third-order valence-corrected chi connectivity index (χ3v) is 12.4. The molecule has 0 aliphatic heterocycles. The smallest absolute Gasteiger partial charge is 0.419 e. The maximum absolute atomic E-state index is 14.9. The van der Waals surface area contributed by atoms with Crippen LogP contribution in [0.25, 0.3) is 22.0 Å². The summed E-state index contributed by atoms with van der Waals surface area (Å²) in [4.78, 5) is 97.2. The molecule has 18 nitrogen and oxygen atoms in total. The first kappa shape index (κ1) is 59.5. The summed E-state index contributed by atoms with van der Waals surface area (Å²) in [7, 11) is 1.22. The summed E-state index contributed by atoms with van der Waals surface area (Å²) in [5.74, 6) is -3.37. The number of benzene rings is 4. The van der Waals surface area contributed by atoms with Crippen LogP contribution in [0.5, 0.6) is 5.75 Å². The molecule has 0 unspecified atom stereocenters. The molecule has 1 aliphatic carbocycles. The topological polar surface area (TPSA) is 231 Å². The van der Waals surface area contributed by atoms with Crippen molar-refractivity contribution in [3.63, 3.8) is 0 Å². The molecule has 4 atom stereocenters. The summed E-state index contributed by atoms with van der Waals surface area (Å²) < 4.78 is 30.0. The van der Waals surface area contributed by atoms with Crippen molar-refractivity contribution in [2.75, 3.05) is 26.9 Å². The van der Waals surface area contributed by atoms with E-state index in [9.17, 15) is 33.6 Å². The minimum Gasteiger partial charge on any atom is -0.488 e. The number of hydrogen-bond donors (Lipinski definition) is 5. The van der Waals surface area contributed by atoms with E-state index in [4.69, 9.17) is 23.7 Å². The molecule has 1 aromatic heterocycles. The van der Waals surface area contributed by atoms with Crippen molar-refractivity contribution in [2.24, 2.45) is 5.92 Å². The Morgan fingerprint density at radius 1 is 0.615 bits per heavy atom. The van der Waals surface area contributed by atoms with E-state index < -0.39 is 89.3 Å². The maximum Gasteiger partial charge on any atom is 0.419 e. The zero-order valence-corrected chi connectivity index (χ0v) is 46.9. The Balaban J connectivity index is 1.30. The molecule has 0 saturated carbocycles. The van der Waals surface area contributed by atoms with Crippen molar-refractivity contribution in [3.05, 3.63) is 126 Å². The largest absolute Gasteiger partial charge is 0.488 e. The second-order valence-corrected chi connectivity index (χ2v) is 22.8. The van der Waals surface area contributed by atoms with Gasteiger partial charge in [0, 0.05) is 30.3 Å². The van der Waals surface area contributed by atoms with E-state index in [1.165, 1.54) is 11.7 Å². The van der Waals surface area contributed by atoms with Crippen LogP contribution in [0.4, 0.5) is 9.59 Å². The molecule has 1 aliphatic rings. The fraction of sp³-hybridized carbons (Fsp3) is 0.450. The third-order valence-electron chi connectivity index (χ3n) is 12.4. The number of amides is 5. The van der Waals surface area contributed by atoms with Crippen LogP contribution in [0.3, 0.4) is 0 Å². The Kier molecular flexibility index (Phi) is 19.5. The highest BCUT2D eigenvalue weighted by atomic mass is 16.6. The number of alkyl carbamates (subject to hydrolysis) is 1. The summed E-state index contributed by atoms with van der Waals surface area (Å²) >= 11 is 0. The Morgan fingerprint density at radius 3 is 1.78 bits per heavy atom. The van der Waals surface area contributed by atoms with Gasteiger partial charge in [0.1, 0.15) is 47.7 Å². The number of nitrogens with one attached hydrogen (secondary N) is 5. The fourth-order valence-electron chi connectivity index (χ4n) is 9.00. The number of fused-ring (bicyclic) bond motifs is 4. The van der Waals surface area contributed by atoms with Gasteiger partial charge in [0.2, 0.25) is 23.6 Å². The number of carbonyl (C=O) groups excluding carboxylic acids is 7. The Bertz CT molecular complexity index is 2900. The molecule has 4 aromatic carbocycles. The van der Waals surface area contributed by atoms with Gasteiger partial charge in [-0.25, -0.2) is 14.4 Å². The summed E-state index contributed by atoms with van der Waals surface area (Å²) in [6.45, 7) is 19.1. The first-order chi connectivity index (χ1) is 36.7. The number of nitrogens with zero attached hydrogens (tertiary/aromatic N) is 1. The van der Waals surface area contributed by atoms with Crippen LogP contribution in [-0.2, 0) is 55.8 Å². The zero-order valence-electron chi connectivity index (χ0n) is 46.9. The van der Waals surface area contributed by atoms with Crippen LogP contribution in [0.1, 0.15) is 111 Å². The van der Waals surface area contributed by atoms with Crippen molar-refractivity contribution in [2.45, 2.75) is 142 Å². The summed E-state index contributed by atoms with van der Waals surface area (Å²) in [5.41, 5.74) is 3.50. The van der Waals surface area contributed by atoms with Crippen LogP contribution in [0, 0.1) is 5.92 Å². The number of esters is 1. The number of methoxy groups -OCH3 is 1. The number of aromatic nitrogens is 1. The summed E-state index contributed by atoms with van der Waals surface area (Å²) in [6, 6.07) is 24.6. The molecular formula is C60H76N6O12. The molecule has 1 heterocycles. The van der Waals surface area contributed by atoms with Gasteiger partial charge >= 0.3 is 18.2 Å². The van der Waals surface area contributed by atoms with Crippen molar-refractivity contribution in [1.82, 2.24) is 31.2 Å². The molecule has 0 fully saturated rings. The van der Waals surface area contributed by atoms with Crippen LogP contribution >= 0.6 is 0 Å². The van der Waals surface area contributed by atoms with Crippen LogP contribution in [0.2, 0.25) is 0 Å². The highest BCUT2D eigenvalue weighted by Crippen LogP contribution is 2.44. The Labute approximate surface area is 457 Å². The molecule has 0 spiro atoms. The molecule has 0 saturated heterocycles. The lowest BCUT2D eigenvalue weighted by molar-refractivity contribution is -0.145. The second-order valence-electron chi connectivity index (χ2n) is 22.8. The van der Waals surface area contributed by atoms with Crippen LogP contribution < -0.4 is 31.3 Å². The first-order valence-electron chi connectivity index (χ1n) is 26.3. The van der Waals surface area contributed by atoms with E-state index in [0.29, 0.717) is 34.2 Å². The van der Waals surface area contributed by atoms with Crippen molar-refractivity contribution in [3.8, 4) is 16.9 Å². The van der Waals surface area contributed by atoms with E-state index in [1.807, 2.05) is 83.1 Å². The van der Waals surface area contributed by atoms with Gasteiger partial charge in [0.05, 0.1) is 31.4 Å². The quantitative estimate of drug-likeness (QED) is 0.0349. The summed E-state index contributed by atoms with van der Waals surface area (Å²) in [5, 5.41) is 14.1. The SMILES string of the molecule is COC(=O)[C@H](CC(C)C)NC(=O)CNC(=O)[C@H](Cc1ccc(OC(C)(C)C)cc1)NC(=O)[C@H](COC(C)(C)C)NC(=O)[C@H](Cc1cn(C(=O)OC(C)(C)C)c2ccccc12)NC(=O)OCC1c2ccccc2-c2ccccc21. The maximum atomic E-state index is 14.9. The van der Waals surface area contributed by atoms with E-state index in [2.05, 4.69) is 26.6 Å². The molecular weight excluding hydrogens is 997 g/mol. The van der Waals surface area contributed by atoms with Gasteiger partial charge in [-0.1, -0.05) is 92.7 Å². The van der Waals surface area contributed by atoms with Gasteiger partial charge in [-0.2, -0.15) is 0 Å². The number of rotatable bonds is 21. The molecule has 418 valence electrons. The molecule has 0 bridgehead atoms. The van der Waals surface area contributed by atoms with Gasteiger partial charge in [-0.05, 0) is 126 Å². The highest BCUT2D eigenvalue weighted by molar-refractivity contribution is 5.97. The molecule has 6 rings (SSSR count). The van der Waals surface area contributed by atoms with Gasteiger partial charge in [0.25, 0.3) is 0 Å². The number of hydrogen-bond acceptors (Lipinski definition) is 12. The van der Waals surface area contributed by atoms with Crippen molar-refractivity contribution < 1.29 is 57.2 Å². The lowest BCUT2D eigenvalue weighted by atomic mass is 9.98. The predicted molar refractivity (Wildman–Crippen MR) is 296 cm³/mol. The van der Waals surface area contributed by atoms with E-state index in [-0.39, 0.29) is 37.9 Å². The van der Waals surface area contributed by atoms with Crippen molar-refractivity contribution >= 4 is 52.7 Å². The lowest BCUT2D eigenvalue weighted by Gasteiger charge is -2.28. The third kappa shape index (κ3) is 16.9. The van der Waals surface area contributed by atoms with E-state index in [0.717, 1.165) is 22.3 Å². The Morgan fingerprint density at radius 2 is 1.19 bits per heavy atom. The number of carbonyl (C=O) groups is 7. The molecule has 0 radical (unpaired) electrons. The monoisotopic (exact) mass is 1070 g/mol. The minimum atomic E-state index is -1.47. The minimum absolute atomic E-state index is 0.0319. The average molecular weight is 1070 g/mol. The van der Waals surface area contributed by atoms with Crippen LogP contribution in [0.15, 0.2) is 103 Å². The van der Waals surface area contributed by atoms with Gasteiger partial charge < -0.3 is 50.3 Å². The first-order valence-corrected chi connectivity index (χ1v) is 26.3. The van der Waals surface area contributed by atoms with Crippen molar-refractivity contribution in [1.29, 1.82) is 0 Å². The molecule has 5 amide bonds. The predicted octanol–water partition coefficient (Wildman–Crippen LogP) is 7.90. The molecule has 5 N–H and O–H groups in total. The molecule has 5 aromatic rings. The number of para-hydroxylation sites is 1. The van der Waals surface area contributed by atoms with Gasteiger partial charge in [-0.15, -0.1) is 0 Å². The van der Waals surface area contributed by atoms with Gasteiger partial charge in [0.15, 0.2) is 0 Å². The second kappa shape index (κ2) is 25.6. The lowest BCUT2D eigenvalue weighted by Crippen LogP contribution is -2.59. The molecule has 18 heteroatoms. The molecule has 78 heavy (non-hydrogen) atoms. The summed E-state index contributed by atoms with van der Waals surface area (Å²) in [6.07, 6.45) is 0.0222. The highest BCUT2D eigenvalue weighted by Gasteiger charge is 2.35. The van der Waals surface area contributed by atoms with Gasteiger partial charge in [-0.3, -0.25) is 23.7 Å². The normalized spacial score (nSPS) is 14.0. The average Bonchev–Trinajstić information content (AvgIpc) is 3.99. The fourth-order valence-corrected chi connectivity index (χ4v) is 9.00. The van der Waals surface area contributed by atoms with E-state index >= 15 is 0 Å². The van der Waals surface area contributed by atoms with E-state index in [1.54, 1.807) is 96.3 Å². The Hall–Kier alpha value is -7.73. The standard InChI is InChI=1S/C60H76N6O12/c1-36(2)29-48(55(71)74-12)62-51(67)32-61-52(68)46(30-37-25-27-39(28-26-37)77-59(6,7)8)63-54(70)49(35-76-58(3,4)5)64-53(69)47(31-38-33-66(57(73)78-60(9,10)11)50-24-18-17-19-40(38)50)65-56(72)75-34-45-43-22-15-13-20-41(43)42-21-14-16-23-44(42)45/h13-28,33,36,45-49H,29-32,34-35H2,1-12H3,(H,61,68)(H,62,67)(H,63,70)(H,64,69)(H,65,72)/t46-,47-,48-,49-/m0/s1. The number of ether oxygens (including phenoxy) is 5.